The lowest BCUT2D eigenvalue weighted by atomic mass is 9.75. The number of imidazole rings is 1. The lowest BCUT2D eigenvalue weighted by Gasteiger charge is -2.38. The summed E-state index contributed by atoms with van der Waals surface area (Å²) in [4.78, 5) is 15.7. The maximum absolute atomic E-state index is 11.4. The Bertz CT molecular complexity index is 1100. The van der Waals surface area contributed by atoms with Gasteiger partial charge in [-0.25, -0.2) is 4.98 Å². The molecule has 1 unspecified atom stereocenters. The smallest absolute Gasteiger partial charge is 0.169 e. The molecule has 3 aromatic carbocycles. The molecule has 3 nitrogen and oxygen atoms in total. The van der Waals surface area contributed by atoms with Crippen LogP contribution in [-0.2, 0) is 5.54 Å². The number of rotatable bonds is 5. The van der Waals surface area contributed by atoms with E-state index in [-0.39, 0.29) is 0 Å². The Hall–Kier alpha value is -3.46. The number of aryl methyl sites for hydroxylation is 2. The number of carbonyl (C=O) groups excluding carboxylic acids is 1. The predicted octanol–water partition coefficient (Wildman–Crippen LogP) is 5.15. The van der Waals surface area contributed by atoms with Crippen LogP contribution in [-0.4, -0.2) is 15.8 Å². The lowest BCUT2D eigenvalue weighted by Crippen LogP contribution is -2.37. The zero-order valence-electron chi connectivity index (χ0n) is 16.0. The highest BCUT2D eigenvalue weighted by Crippen LogP contribution is 2.42. The minimum Gasteiger partial charge on any atom is -0.318 e. The fourth-order valence-corrected chi connectivity index (χ4v) is 3.95. The first-order valence-corrected chi connectivity index (χ1v) is 9.34. The number of hydrogen-bond donors (Lipinski definition) is 0. The van der Waals surface area contributed by atoms with Crippen molar-refractivity contribution in [3.05, 3.63) is 125 Å². The Labute approximate surface area is 165 Å². The summed E-state index contributed by atoms with van der Waals surface area (Å²) in [5.41, 5.74) is 5.55. The van der Waals surface area contributed by atoms with Crippen LogP contribution in [0.5, 0.6) is 0 Å². The Morgan fingerprint density at radius 1 is 0.821 bits per heavy atom. The SMILES string of the molecule is Cc1ccc(C(c2ccccc2)(c2ccccc2C)n2cnc(C=O)c2)cc1. The maximum Gasteiger partial charge on any atom is 0.169 e. The van der Waals surface area contributed by atoms with Crippen molar-refractivity contribution in [3.63, 3.8) is 0 Å². The molecular formula is C25H22N2O. The van der Waals surface area contributed by atoms with E-state index in [0.29, 0.717) is 5.69 Å². The van der Waals surface area contributed by atoms with E-state index in [1.807, 2.05) is 24.4 Å². The topological polar surface area (TPSA) is 34.9 Å². The number of nitrogens with zero attached hydrogens (tertiary/aromatic N) is 2. The number of hydrogen-bond acceptors (Lipinski definition) is 2. The first-order chi connectivity index (χ1) is 13.7. The van der Waals surface area contributed by atoms with E-state index in [1.54, 1.807) is 6.33 Å². The Morgan fingerprint density at radius 3 is 2.11 bits per heavy atom. The molecule has 0 aliphatic heterocycles. The standard InChI is InChI=1S/C25H22N2O/c1-19-12-14-22(15-13-19)25(21-9-4-3-5-10-21,24-11-7-6-8-20(24)2)27-16-23(17-28)26-18-27/h3-18H,1-2H3. The second-order valence-corrected chi connectivity index (χ2v) is 7.08. The van der Waals surface area contributed by atoms with Crippen LogP contribution in [0.15, 0.2) is 91.4 Å². The van der Waals surface area contributed by atoms with Gasteiger partial charge in [-0.1, -0.05) is 84.4 Å². The van der Waals surface area contributed by atoms with Gasteiger partial charge in [-0.15, -0.1) is 0 Å². The van der Waals surface area contributed by atoms with Crippen molar-refractivity contribution in [1.82, 2.24) is 9.55 Å². The van der Waals surface area contributed by atoms with Crippen LogP contribution >= 0.6 is 0 Å². The van der Waals surface area contributed by atoms with E-state index in [0.717, 1.165) is 23.0 Å². The van der Waals surface area contributed by atoms with E-state index in [9.17, 15) is 4.79 Å². The quantitative estimate of drug-likeness (QED) is 0.361. The van der Waals surface area contributed by atoms with Crippen molar-refractivity contribution < 1.29 is 4.79 Å². The van der Waals surface area contributed by atoms with Gasteiger partial charge >= 0.3 is 0 Å². The van der Waals surface area contributed by atoms with Crippen LogP contribution in [0.25, 0.3) is 0 Å². The van der Waals surface area contributed by atoms with Gasteiger partial charge < -0.3 is 4.57 Å². The van der Waals surface area contributed by atoms with Crippen LogP contribution in [0.4, 0.5) is 0 Å². The van der Waals surface area contributed by atoms with Gasteiger partial charge in [0, 0.05) is 6.20 Å². The fourth-order valence-electron chi connectivity index (χ4n) is 3.95. The Balaban J connectivity index is 2.15. The number of aromatic nitrogens is 2. The monoisotopic (exact) mass is 366 g/mol. The molecule has 1 aromatic heterocycles. The van der Waals surface area contributed by atoms with E-state index in [1.165, 1.54) is 11.1 Å². The van der Waals surface area contributed by atoms with Crippen LogP contribution in [0.1, 0.15) is 38.3 Å². The molecule has 0 bridgehead atoms. The van der Waals surface area contributed by atoms with Crippen LogP contribution in [0.3, 0.4) is 0 Å². The average molecular weight is 366 g/mol. The molecule has 0 radical (unpaired) electrons. The highest BCUT2D eigenvalue weighted by Gasteiger charge is 2.39. The van der Waals surface area contributed by atoms with Crippen LogP contribution in [0.2, 0.25) is 0 Å². The minimum atomic E-state index is -0.630. The zero-order valence-corrected chi connectivity index (χ0v) is 16.0. The van der Waals surface area contributed by atoms with E-state index in [2.05, 4.69) is 84.1 Å². The zero-order chi connectivity index (χ0) is 19.6. The normalized spacial score (nSPS) is 13.1. The highest BCUT2D eigenvalue weighted by atomic mass is 16.1. The molecule has 0 amide bonds. The van der Waals surface area contributed by atoms with E-state index < -0.39 is 5.54 Å². The van der Waals surface area contributed by atoms with Gasteiger partial charge in [0.15, 0.2) is 6.29 Å². The summed E-state index contributed by atoms with van der Waals surface area (Å²) in [6.07, 6.45) is 4.37. The molecule has 4 rings (SSSR count). The third kappa shape index (κ3) is 2.85. The van der Waals surface area contributed by atoms with Gasteiger partial charge in [-0.2, -0.15) is 0 Å². The molecule has 0 saturated carbocycles. The van der Waals surface area contributed by atoms with Gasteiger partial charge in [0.05, 0.1) is 6.33 Å². The summed E-state index contributed by atoms with van der Waals surface area (Å²) in [5, 5.41) is 0. The Kier molecular flexibility index (Phi) is 4.66. The molecule has 28 heavy (non-hydrogen) atoms. The fraction of sp³-hybridized carbons (Fsp3) is 0.120. The summed E-state index contributed by atoms with van der Waals surface area (Å²) in [7, 11) is 0. The molecule has 1 atom stereocenters. The summed E-state index contributed by atoms with van der Waals surface area (Å²) >= 11 is 0. The molecule has 0 N–H and O–H groups in total. The molecular weight excluding hydrogens is 344 g/mol. The van der Waals surface area contributed by atoms with Crippen LogP contribution < -0.4 is 0 Å². The van der Waals surface area contributed by atoms with Gasteiger partial charge in [0.1, 0.15) is 11.2 Å². The lowest BCUT2D eigenvalue weighted by molar-refractivity contribution is 0.111. The van der Waals surface area contributed by atoms with Crippen LogP contribution in [0, 0.1) is 13.8 Å². The summed E-state index contributed by atoms with van der Waals surface area (Å²) in [6, 6.07) is 27.4. The molecule has 4 aromatic rings. The largest absolute Gasteiger partial charge is 0.318 e. The van der Waals surface area contributed by atoms with Crippen molar-refractivity contribution in [2.75, 3.05) is 0 Å². The summed E-state index contributed by atoms with van der Waals surface area (Å²) < 4.78 is 2.05. The van der Waals surface area contributed by atoms with Gasteiger partial charge in [-0.3, -0.25) is 4.79 Å². The molecule has 0 saturated heterocycles. The predicted molar refractivity (Wildman–Crippen MR) is 112 cm³/mol. The third-order valence-electron chi connectivity index (χ3n) is 5.31. The molecule has 0 fully saturated rings. The number of aldehydes is 1. The Morgan fingerprint density at radius 2 is 1.46 bits per heavy atom. The van der Waals surface area contributed by atoms with Crippen molar-refractivity contribution in [2.45, 2.75) is 19.4 Å². The highest BCUT2D eigenvalue weighted by molar-refractivity contribution is 5.71. The van der Waals surface area contributed by atoms with E-state index >= 15 is 0 Å². The van der Waals surface area contributed by atoms with Gasteiger partial charge in [0.2, 0.25) is 0 Å². The first kappa shape index (κ1) is 17.9. The number of benzene rings is 3. The molecule has 0 aliphatic rings. The van der Waals surface area contributed by atoms with Crippen molar-refractivity contribution >= 4 is 6.29 Å². The van der Waals surface area contributed by atoms with Gasteiger partial charge in [0.25, 0.3) is 0 Å². The van der Waals surface area contributed by atoms with Crippen molar-refractivity contribution in [3.8, 4) is 0 Å². The summed E-state index contributed by atoms with van der Waals surface area (Å²) in [5.74, 6) is 0. The minimum absolute atomic E-state index is 0.418. The third-order valence-corrected chi connectivity index (χ3v) is 5.31. The molecule has 0 aliphatic carbocycles. The summed E-state index contributed by atoms with van der Waals surface area (Å²) in [6.45, 7) is 4.21. The maximum atomic E-state index is 11.4. The molecule has 0 spiro atoms. The van der Waals surface area contributed by atoms with Gasteiger partial charge in [-0.05, 0) is 36.1 Å². The number of carbonyl (C=O) groups is 1. The van der Waals surface area contributed by atoms with Crippen molar-refractivity contribution in [1.29, 1.82) is 0 Å². The van der Waals surface area contributed by atoms with E-state index in [4.69, 9.17) is 0 Å². The van der Waals surface area contributed by atoms with Crippen molar-refractivity contribution in [2.24, 2.45) is 0 Å². The average Bonchev–Trinajstić information content (AvgIpc) is 3.21. The second-order valence-electron chi connectivity index (χ2n) is 7.08. The molecule has 138 valence electrons. The molecule has 1 heterocycles. The molecule has 3 heteroatoms. The second kappa shape index (κ2) is 7.28. The first-order valence-electron chi connectivity index (χ1n) is 9.34.